The number of hydrogen-bond acceptors (Lipinski definition) is 3. The Labute approximate surface area is 126 Å². The molecule has 0 radical (unpaired) electrons. The minimum absolute atomic E-state index is 0.103. The molecule has 21 heavy (non-hydrogen) atoms. The first-order valence-electron chi connectivity index (χ1n) is 7.37. The summed E-state index contributed by atoms with van der Waals surface area (Å²) in [5, 5.41) is 14.3. The lowest BCUT2D eigenvalue weighted by Gasteiger charge is -2.17. The van der Waals surface area contributed by atoms with E-state index in [0.29, 0.717) is 19.5 Å². The summed E-state index contributed by atoms with van der Waals surface area (Å²) in [6.07, 6.45) is 0.584. The van der Waals surface area contributed by atoms with Gasteiger partial charge in [-0.25, -0.2) is 4.79 Å². The minimum atomic E-state index is -0.209. The fourth-order valence-corrected chi connectivity index (χ4v) is 1.78. The van der Waals surface area contributed by atoms with Crippen LogP contribution in [0.25, 0.3) is 0 Å². The molecule has 1 aromatic carbocycles. The number of urea groups is 1. The molecule has 1 rings (SSSR count). The molecule has 2 unspecified atom stereocenters. The SMILES string of the molecule is Cc1ccc(OC(C)CNC(=O)NCC(C)CCO)cc1. The second-order valence-electron chi connectivity index (χ2n) is 5.45. The van der Waals surface area contributed by atoms with Gasteiger partial charge in [-0.2, -0.15) is 0 Å². The maximum Gasteiger partial charge on any atom is 0.314 e. The number of rotatable bonds is 8. The van der Waals surface area contributed by atoms with E-state index < -0.39 is 0 Å². The van der Waals surface area contributed by atoms with Crippen molar-refractivity contribution < 1.29 is 14.6 Å². The Morgan fingerprint density at radius 3 is 2.43 bits per heavy atom. The van der Waals surface area contributed by atoms with Gasteiger partial charge in [0.05, 0.1) is 6.54 Å². The van der Waals surface area contributed by atoms with Gasteiger partial charge in [-0.1, -0.05) is 24.6 Å². The van der Waals surface area contributed by atoms with E-state index in [4.69, 9.17) is 9.84 Å². The predicted molar refractivity (Wildman–Crippen MR) is 83.5 cm³/mol. The summed E-state index contributed by atoms with van der Waals surface area (Å²) in [6, 6.07) is 7.61. The average molecular weight is 294 g/mol. The van der Waals surface area contributed by atoms with Crippen LogP contribution in [0.4, 0.5) is 4.79 Å². The number of aliphatic hydroxyl groups is 1. The molecule has 5 nitrogen and oxygen atoms in total. The molecule has 3 N–H and O–H groups in total. The molecule has 0 aromatic heterocycles. The molecule has 0 heterocycles. The molecular formula is C16H26N2O3. The highest BCUT2D eigenvalue weighted by atomic mass is 16.5. The summed E-state index contributed by atoms with van der Waals surface area (Å²) < 4.78 is 5.71. The third kappa shape index (κ3) is 7.56. The van der Waals surface area contributed by atoms with Crippen LogP contribution in [0.1, 0.15) is 25.8 Å². The van der Waals surface area contributed by atoms with Crippen LogP contribution in [0, 0.1) is 12.8 Å². The van der Waals surface area contributed by atoms with Crippen molar-refractivity contribution in [3.63, 3.8) is 0 Å². The lowest BCUT2D eigenvalue weighted by molar-refractivity contribution is 0.206. The first-order chi connectivity index (χ1) is 10.0. The number of hydrogen-bond donors (Lipinski definition) is 3. The summed E-state index contributed by atoms with van der Waals surface area (Å²) in [5.74, 6) is 1.06. The molecule has 0 aliphatic heterocycles. The lowest BCUT2D eigenvalue weighted by atomic mass is 10.1. The van der Waals surface area contributed by atoms with E-state index in [1.165, 1.54) is 5.56 Å². The Hall–Kier alpha value is -1.75. The summed E-state index contributed by atoms with van der Waals surface area (Å²) in [4.78, 5) is 11.6. The van der Waals surface area contributed by atoms with Crippen molar-refractivity contribution in [3.8, 4) is 5.75 Å². The Kier molecular flexibility index (Phi) is 7.61. The fourth-order valence-electron chi connectivity index (χ4n) is 1.78. The standard InChI is InChI=1S/C16H26N2O3/c1-12-4-6-15(7-5-12)21-14(3)11-18-16(20)17-10-13(2)8-9-19/h4-7,13-14,19H,8-11H2,1-3H3,(H2,17,18,20). The van der Waals surface area contributed by atoms with Gasteiger partial charge < -0.3 is 20.5 Å². The van der Waals surface area contributed by atoms with Gasteiger partial charge in [-0.3, -0.25) is 0 Å². The van der Waals surface area contributed by atoms with Crippen molar-refractivity contribution in [1.82, 2.24) is 10.6 Å². The van der Waals surface area contributed by atoms with Gasteiger partial charge in [-0.15, -0.1) is 0 Å². The quantitative estimate of drug-likeness (QED) is 0.687. The van der Waals surface area contributed by atoms with E-state index in [2.05, 4.69) is 10.6 Å². The number of amides is 2. The van der Waals surface area contributed by atoms with Gasteiger partial charge in [0.2, 0.25) is 0 Å². The normalized spacial score (nSPS) is 13.3. The van der Waals surface area contributed by atoms with E-state index in [1.807, 2.05) is 45.0 Å². The van der Waals surface area contributed by atoms with Gasteiger partial charge in [0.1, 0.15) is 11.9 Å². The van der Waals surface area contributed by atoms with Crippen molar-refractivity contribution in [2.45, 2.75) is 33.3 Å². The molecule has 0 fully saturated rings. The van der Waals surface area contributed by atoms with E-state index in [0.717, 1.165) is 5.75 Å². The zero-order chi connectivity index (χ0) is 15.7. The fraction of sp³-hybridized carbons (Fsp3) is 0.562. The van der Waals surface area contributed by atoms with Crippen LogP contribution in [0.15, 0.2) is 24.3 Å². The molecule has 0 saturated carbocycles. The Balaban J connectivity index is 2.21. The second kappa shape index (κ2) is 9.23. The van der Waals surface area contributed by atoms with Crippen LogP contribution < -0.4 is 15.4 Å². The van der Waals surface area contributed by atoms with Crippen LogP contribution in [0.2, 0.25) is 0 Å². The number of benzene rings is 1. The van der Waals surface area contributed by atoms with Crippen LogP contribution in [0.3, 0.4) is 0 Å². The second-order valence-corrected chi connectivity index (χ2v) is 5.45. The van der Waals surface area contributed by atoms with Crippen LogP contribution in [-0.2, 0) is 0 Å². The average Bonchev–Trinajstić information content (AvgIpc) is 2.46. The molecule has 2 atom stereocenters. The molecule has 0 saturated heterocycles. The maximum absolute atomic E-state index is 11.6. The molecule has 2 amide bonds. The molecule has 5 heteroatoms. The summed E-state index contributed by atoms with van der Waals surface area (Å²) >= 11 is 0. The van der Waals surface area contributed by atoms with Gasteiger partial charge >= 0.3 is 6.03 Å². The van der Waals surface area contributed by atoms with Crippen LogP contribution in [0.5, 0.6) is 5.75 Å². The molecule has 0 aliphatic rings. The van der Waals surface area contributed by atoms with Crippen molar-refractivity contribution in [1.29, 1.82) is 0 Å². The highest BCUT2D eigenvalue weighted by Crippen LogP contribution is 2.12. The predicted octanol–water partition coefficient (Wildman–Crippen LogP) is 2.08. The molecule has 1 aromatic rings. The van der Waals surface area contributed by atoms with E-state index in [1.54, 1.807) is 0 Å². The zero-order valence-corrected chi connectivity index (χ0v) is 13.1. The van der Waals surface area contributed by atoms with Crippen molar-refractivity contribution in [2.75, 3.05) is 19.7 Å². The van der Waals surface area contributed by atoms with Gasteiger partial charge in [0, 0.05) is 13.2 Å². The van der Waals surface area contributed by atoms with Crippen molar-refractivity contribution in [3.05, 3.63) is 29.8 Å². The van der Waals surface area contributed by atoms with Gasteiger partial charge in [-0.05, 0) is 38.3 Å². The molecular weight excluding hydrogens is 268 g/mol. The third-order valence-electron chi connectivity index (χ3n) is 3.14. The Morgan fingerprint density at radius 2 is 1.81 bits per heavy atom. The molecule has 0 spiro atoms. The maximum atomic E-state index is 11.6. The number of carbonyl (C=O) groups is 1. The topological polar surface area (TPSA) is 70.6 Å². The highest BCUT2D eigenvalue weighted by molar-refractivity contribution is 5.73. The third-order valence-corrected chi connectivity index (χ3v) is 3.14. The van der Waals surface area contributed by atoms with Crippen molar-refractivity contribution >= 4 is 6.03 Å². The van der Waals surface area contributed by atoms with E-state index in [-0.39, 0.29) is 24.7 Å². The number of nitrogens with one attached hydrogen (secondary N) is 2. The Morgan fingerprint density at radius 1 is 1.19 bits per heavy atom. The lowest BCUT2D eigenvalue weighted by Crippen LogP contribution is -2.41. The van der Waals surface area contributed by atoms with E-state index in [9.17, 15) is 4.79 Å². The number of aryl methyl sites for hydroxylation is 1. The van der Waals surface area contributed by atoms with Crippen molar-refractivity contribution in [2.24, 2.45) is 5.92 Å². The van der Waals surface area contributed by atoms with E-state index >= 15 is 0 Å². The first kappa shape index (κ1) is 17.3. The largest absolute Gasteiger partial charge is 0.489 e. The monoisotopic (exact) mass is 294 g/mol. The molecule has 118 valence electrons. The Bertz CT molecular complexity index is 420. The number of aliphatic hydroxyl groups excluding tert-OH is 1. The summed E-state index contributed by atoms with van der Waals surface area (Å²) in [5.41, 5.74) is 1.18. The highest BCUT2D eigenvalue weighted by Gasteiger charge is 2.08. The number of carbonyl (C=O) groups excluding carboxylic acids is 1. The van der Waals surface area contributed by atoms with Gasteiger partial charge in [0.25, 0.3) is 0 Å². The van der Waals surface area contributed by atoms with Gasteiger partial charge in [0.15, 0.2) is 0 Å². The molecule has 0 aliphatic carbocycles. The minimum Gasteiger partial charge on any atom is -0.489 e. The zero-order valence-electron chi connectivity index (χ0n) is 13.1. The number of ether oxygens (including phenoxy) is 1. The van der Waals surface area contributed by atoms with Crippen LogP contribution in [-0.4, -0.2) is 36.9 Å². The molecule has 0 bridgehead atoms. The summed E-state index contributed by atoms with van der Waals surface area (Å²) in [7, 11) is 0. The van der Waals surface area contributed by atoms with Crippen LogP contribution >= 0.6 is 0 Å². The first-order valence-corrected chi connectivity index (χ1v) is 7.37. The smallest absolute Gasteiger partial charge is 0.314 e. The summed E-state index contributed by atoms with van der Waals surface area (Å²) in [6.45, 7) is 7.06.